The Hall–Kier alpha value is -2.32. The molecule has 1 aromatic carbocycles. The highest BCUT2D eigenvalue weighted by Gasteiger charge is 2.12. The average molecular weight is 260 g/mol. The first-order valence-corrected chi connectivity index (χ1v) is 5.80. The number of nitrogens with two attached hydrogens (primary N) is 1. The number of carboxylic acid groups (broad SMARTS) is 1. The molecule has 19 heavy (non-hydrogen) atoms. The van der Waals surface area contributed by atoms with Crippen LogP contribution in [0.1, 0.15) is 17.5 Å². The van der Waals surface area contributed by atoms with Crippen molar-refractivity contribution in [2.24, 2.45) is 5.73 Å². The minimum atomic E-state index is -0.914. The second kappa shape index (κ2) is 7.19. The molecular weight excluding hydrogens is 244 g/mol. The highest BCUT2D eigenvalue weighted by atomic mass is 16.4. The molecule has 5 nitrogen and oxygen atoms in total. The predicted molar refractivity (Wildman–Crippen MR) is 71.1 cm³/mol. The normalized spacial score (nSPS) is 11.4. The topological polar surface area (TPSA) is 92.4 Å². The van der Waals surface area contributed by atoms with E-state index in [1.54, 1.807) is 24.3 Å². The average Bonchev–Trinajstić information content (AvgIpc) is 2.37. The Kier molecular flexibility index (Phi) is 5.58. The third kappa shape index (κ3) is 4.82. The maximum Gasteiger partial charge on any atom is 0.307 e. The van der Waals surface area contributed by atoms with Crippen LogP contribution < -0.4 is 11.1 Å². The van der Waals surface area contributed by atoms with Crippen molar-refractivity contribution in [2.45, 2.75) is 25.4 Å². The molecule has 0 radical (unpaired) electrons. The summed E-state index contributed by atoms with van der Waals surface area (Å²) in [5.41, 5.74) is 6.99. The Morgan fingerprint density at radius 3 is 2.58 bits per heavy atom. The Labute approximate surface area is 111 Å². The molecule has 0 fully saturated rings. The Morgan fingerprint density at radius 1 is 1.37 bits per heavy atom. The number of carbonyl (C=O) groups is 2. The number of rotatable bonds is 6. The second-order valence-electron chi connectivity index (χ2n) is 4.07. The molecule has 0 aromatic heterocycles. The summed E-state index contributed by atoms with van der Waals surface area (Å²) < 4.78 is 0. The van der Waals surface area contributed by atoms with Gasteiger partial charge in [0.1, 0.15) is 0 Å². The van der Waals surface area contributed by atoms with Crippen molar-refractivity contribution < 1.29 is 14.7 Å². The van der Waals surface area contributed by atoms with Crippen LogP contribution in [0.2, 0.25) is 0 Å². The number of hydrogen-bond acceptors (Lipinski definition) is 3. The molecule has 100 valence electrons. The lowest BCUT2D eigenvalue weighted by Crippen LogP contribution is -2.40. The van der Waals surface area contributed by atoms with Crippen molar-refractivity contribution in [3.05, 3.63) is 35.4 Å². The molecule has 1 rings (SSSR count). The second-order valence-corrected chi connectivity index (χ2v) is 4.07. The molecule has 0 aliphatic rings. The lowest BCUT2D eigenvalue weighted by atomic mass is 10.0. The zero-order chi connectivity index (χ0) is 14.3. The van der Waals surface area contributed by atoms with Gasteiger partial charge >= 0.3 is 5.97 Å². The van der Waals surface area contributed by atoms with Crippen molar-refractivity contribution in [3.8, 4) is 12.3 Å². The summed E-state index contributed by atoms with van der Waals surface area (Å²) >= 11 is 0. The van der Waals surface area contributed by atoms with Crippen LogP contribution in [-0.2, 0) is 22.6 Å². The van der Waals surface area contributed by atoms with Crippen LogP contribution in [0.25, 0.3) is 0 Å². The van der Waals surface area contributed by atoms with E-state index in [9.17, 15) is 9.59 Å². The maximum absolute atomic E-state index is 11.6. The van der Waals surface area contributed by atoms with Crippen molar-refractivity contribution in [1.29, 1.82) is 0 Å². The smallest absolute Gasteiger partial charge is 0.307 e. The van der Waals surface area contributed by atoms with E-state index in [2.05, 4.69) is 11.2 Å². The number of terminal acetylenes is 1. The molecule has 1 atom stereocenters. The number of hydrogen-bond donors (Lipinski definition) is 3. The number of aliphatic carboxylic acids is 1. The molecular formula is C14H16N2O3. The highest BCUT2D eigenvalue weighted by Crippen LogP contribution is 2.09. The van der Waals surface area contributed by atoms with Gasteiger partial charge in [-0.15, -0.1) is 12.3 Å². The van der Waals surface area contributed by atoms with Crippen LogP contribution in [0.15, 0.2) is 24.3 Å². The summed E-state index contributed by atoms with van der Waals surface area (Å²) in [5, 5.41) is 11.4. The number of carbonyl (C=O) groups excluding carboxylic acids is 1. The van der Waals surface area contributed by atoms with Crippen LogP contribution in [0.3, 0.4) is 0 Å². The molecule has 0 saturated heterocycles. The largest absolute Gasteiger partial charge is 0.481 e. The van der Waals surface area contributed by atoms with Gasteiger partial charge in [-0.1, -0.05) is 24.3 Å². The molecule has 1 unspecified atom stereocenters. The molecule has 5 heteroatoms. The molecule has 0 saturated carbocycles. The van der Waals surface area contributed by atoms with Crippen molar-refractivity contribution in [2.75, 3.05) is 0 Å². The fraction of sp³-hybridized carbons (Fsp3) is 0.286. The first kappa shape index (κ1) is 14.7. The number of benzene rings is 1. The molecule has 0 heterocycles. The number of nitrogens with one attached hydrogen (secondary N) is 1. The van der Waals surface area contributed by atoms with Crippen LogP contribution >= 0.6 is 0 Å². The van der Waals surface area contributed by atoms with Gasteiger partial charge in [-0.3, -0.25) is 9.59 Å². The van der Waals surface area contributed by atoms with E-state index < -0.39 is 12.0 Å². The third-order valence-electron chi connectivity index (χ3n) is 2.59. The summed E-state index contributed by atoms with van der Waals surface area (Å²) in [5.74, 6) is 1.06. The zero-order valence-electron chi connectivity index (χ0n) is 10.4. The summed E-state index contributed by atoms with van der Waals surface area (Å²) in [6.07, 6.45) is 5.17. The molecule has 1 aromatic rings. The standard InChI is InChI=1S/C14H16N2O3/c1-2-5-12(15)14(19)16-9-11-7-4-3-6-10(11)8-13(17)18/h1,3-4,6-7,12H,5,8-9,15H2,(H,16,19)(H,17,18). The van der Waals surface area contributed by atoms with Crippen LogP contribution in [0, 0.1) is 12.3 Å². The Balaban J connectivity index is 2.65. The van der Waals surface area contributed by atoms with E-state index in [1.807, 2.05) is 0 Å². The minimum Gasteiger partial charge on any atom is -0.481 e. The van der Waals surface area contributed by atoms with Crippen LogP contribution in [0.5, 0.6) is 0 Å². The first-order valence-electron chi connectivity index (χ1n) is 5.80. The van der Waals surface area contributed by atoms with E-state index in [4.69, 9.17) is 17.3 Å². The van der Waals surface area contributed by atoms with Gasteiger partial charge in [-0.25, -0.2) is 0 Å². The fourth-order valence-electron chi connectivity index (χ4n) is 1.60. The quantitative estimate of drug-likeness (QED) is 0.641. The molecule has 0 aliphatic heterocycles. The molecule has 4 N–H and O–H groups in total. The van der Waals surface area contributed by atoms with E-state index >= 15 is 0 Å². The fourth-order valence-corrected chi connectivity index (χ4v) is 1.60. The van der Waals surface area contributed by atoms with Crippen molar-refractivity contribution in [3.63, 3.8) is 0 Å². The zero-order valence-corrected chi connectivity index (χ0v) is 10.4. The lowest BCUT2D eigenvalue weighted by Gasteiger charge is -2.12. The van der Waals surface area contributed by atoms with Gasteiger partial charge in [0.05, 0.1) is 12.5 Å². The Morgan fingerprint density at radius 2 is 2.00 bits per heavy atom. The van der Waals surface area contributed by atoms with Gasteiger partial charge in [0.2, 0.25) is 5.91 Å². The van der Waals surface area contributed by atoms with Gasteiger partial charge in [-0.05, 0) is 11.1 Å². The third-order valence-corrected chi connectivity index (χ3v) is 2.59. The SMILES string of the molecule is C#CCC(N)C(=O)NCc1ccccc1CC(=O)O. The lowest BCUT2D eigenvalue weighted by molar-refractivity contribution is -0.136. The molecule has 0 spiro atoms. The van der Waals surface area contributed by atoms with Crippen molar-refractivity contribution >= 4 is 11.9 Å². The monoisotopic (exact) mass is 260 g/mol. The highest BCUT2D eigenvalue weighted by molar-refractivity contribution is 5.81. The van der Waals surface area contributed by atoms with Gasteiger partial charge in [-0.2, -0.15) is 0 Å². The molecule has 0 aliphatic carbocycles. The van der Waals surface area contributed by atoms with E-state index in [0.29, 0.717) is 5.56 Å². The summed E-state index contributed by atoms with van der Waals surface area (Å²) in [6, 6.07) is 6.29. The maximum atomic E-state index is 11.6. The minimum absolute atomic E-state index is 0.0809. The predicted octanol–water partition coefficient (Wildman–Crippen LogP) is 0.280. The van der Waals surface area contributed by atoms with Crippen molar-refractivity contribution in [1.82, 2.24) is 5.32 Å². The van der Waals surface area contributed by atoms with E-state index in [0.717, 1.165) is 5.56 Å². The summed E-state index contributed by atoms with van der Waals surface area (Å²) in [6.45, 7) is 0.237. The Bertz CT molecular complexity index is 506. The first-order chi connectivity index (χ1) is 9.04. The van der Waals surface area contributed by atoms with Gasteiger partial charge in [0.25, 0.3) is 0 Å². The van der Waals surface area contributed by atoms with Gasteiger partial charge in [0.15, 0.2) is 0 Å². The van der Waals surface area contributed by atoms with E-state index in [1.165, 1.54) is 0 Å². The number of amides is 1. The van der Waals surface area contributed by atoms with Crippen LogP contribution in [0.4, 0.5) is 0 Å². The summed E-state index contributed by atoms with van der Waals surface area (Å²) in [7, 11) is 0. The van der Waals surface area contributed by atoms with Gasteiger partial charge < -0.3 is 16.2 Å². The molecule has 1 amide bonds. The molecule has 0 bridgehead atoms. The van der Waals surface area contributed by atoms with E-state index in [-0.39, 0.29) is 25.3 Å². The van der Waals surface area contributed by atoms with Gasteiger partial charge in [0, 0.05) is 13.0 Å². The van der Waals surface area contributed by atoms with Crippen LogP contribution in [-0.4, -0.2) is 23.0 Å². The number of carboxylic acids is 1. The summed E-state index contributed by atoms with van der Waals surface area (Å²) in [4.78, 5) is 22.3.